The second-order valence-corrected chi connectivity index (χ2v) is 4.00. The number of carbonyl (C=O) groups is 1. The maximum atomic E-state index is 10.6. The summed E-state index contributed by atoms with van der Waals surface area (Å²) in [4.78, 5) is 10.6. The molecule has 86 valence electrons. The molecule has 0 radical (unpaired) electrons. The number of allylic oxidation sites excluding steroid dienone is 2. The zero-order chi connectivity index (χ0) is 11.4. The molecule has 2 N–H and O–H groups in total. The zero-order valence-corrected chi connectivity index (χ0v) is 8.98. The lowest BCUT2D eigenvalue weighted by molar-refractivity contribution is 0.0663. The van der Waals surface area contributed by atoms with Crippen LogP contribution in [0.5, 0.6) is 0 Å². The average molecular weight is 221 g/mol. The van der Waals surface area contributed by atoms with Crippen LogP contribution in [-0.2, 0) is 0 Å². The first-order chi connectivity index (χ1) is 7.75. The van der Waals surface area contributed by atoms with Crippen LogP contribution in [0.1, 0.15) is 29.8 Å². The Morgan fingerprint density at radius 1 is 1.50 bits per heavy atom. The van der Waals surface area contributed by atoms with Crippen LogP contribution in [0.3, 0.4) is 0 Å². The molecule has 0 saturated heterocycles. The standard InChI is InChI=1S/C12H15NO3/c14-12(15)10-6-7-11(16-10)13-8-9-4-2-1-3-5-9/h1-2,6-7,9,13H,3-5,8H2,(H,14,15). The largest absolute Gasteiger partial charge is 0.475 e. The van der Waals surface area contributed by atoms with Gasteiger partial charge in [0.1, 0.15) is 0 Å². The van der Waals surface area contributed by atoms with E-state index in [0.717, 1.165) is 19.4 Å². The molecule has 0 amide bonds. The average Bonchev–Trinajstić information content (AvgIpc) is 2.76. The Labute approximate surface area is 94.0 Å². The van der Waals surface area contributed by atoms with E-state index in [2.05, 4.69) is 17.5 Å². The van der Waals surface area contributed by atoms with E-state index in [1.807, 2.05) is 0 Å². The predicted octanol–water partition coefficient (Wildman–Crippen LogP) is 2.75. The Kier molecular flexibility index (Phi) is 3.29. The number of nitrogens with one attached hydrogen (secondary N) is 1. The van der Waals surface area contributed by atoms with Crippen molar-refractivity contribution in [3.05, 3.63) is 30.0 Å². The SMILES string of the molecule is O=C(O)c1ccc(NCC2CC=CCC2)o1. The molecule has 0 bridgehead atoms. The van der Waals surface area contributed by atoms with Crippen molar-refractivity contribution in [3.63, 3.8) is 0 Å². The fourth-order valence-electron chi connectivity index (χ4n) is 1.83. The third-order valence-corrected chi connectivity index (χ3v) is 2.76. The summed E-state index contributed by atoms with van der Waals surface area (Å²) in [6.07, 6.45) is 7.78. The van der Waals surface area contributed by atoms with Crippen molar-refractivity contribution >= 4 is 11.9 Å². The zero-order valence-electron chi connectivity index (χ0n) is 8.98. The van der Waals surface area contributed by atoms with Crippen molar-refractivity contribution in [1.82, 2.24) is 0 Å². The molecule has 4 nitrogen and oxygen atoms in total. The minimum absolute atomic E-state index is 0.0222. The number of hydrogen-bond donors (Lipinski definition) is 2. The first-order valence-electron chi connectivity index (χ1n) is 5.47. The first-order valence-corrected chi connectivity index (χ1v) is 5.47. The van der Waals surface area contributed by atoms with Crippen LogP contribution in [0.4, 0.5) is 5.88 Å². The lowest BCUT2D eigenvalue weighted by Gasteiger charge is -2.17. The van der Waals surface area contributed by atoms with Crippen molar-refractivity contribution in [2.75, 3.05) is 11.9 Å². The van der Waals surface area contributed by atoms with E-state index < -0.39 is 5.97 Å². The molecule has 0 spiro atoms. The molecule has 16 heavy (non-hydrogen) atoms. The summed E-state index contributed by atoms with van der Waals surface area (Å²) in [6, 6.07) is 3.12. The Bertz CT molecular complexity index is 395. The molecule has 0 aliphatic heterocycles. The molecule has 1 aromatic rings. The van der Waals surface area contributed by atoms with Gasteiger partial charge in [-0.3, -0.25) is 0 Å². The number of rotatable bonds is 4. The van der Waals surface area contributed by atoms with Gasteiger partial charge in [0.15, 0.2) is 5.88 Å². The highest BCUT2D eigenvalue weighted by Gasteiger charge is 2.12. The van der Waals surface area contributed by atoms with Gasteiger partial charge in [0.25, 0.3) is 0 Å². The van der Waals surface area contributed by atoms with Gasteiger partial charge >= 0.3 is 5.97 Å². The van der Waals surface area contributed by atoms with Crippen molar-refractivity contribution in [1.29, 1.82) is 0 Å². The molecule has 0 aromatic carbocycles. The molecule has 1 aromatic heterocycles. The van der Waals surface area contributed by atoms with E-state index in [1.54, 1.807) is 6.07 Å². The molecule has 1 aliphatic rings. The number of carboxylic acids is 1. The number of carboxylic acid groups (broad SMARTS) is 1. The number of aromatic carboxylic acids is 1. The summed E-state index contributed by atoms with van der Waals surface area (Å²) < 4.78 is 5.11. The van der Waals surface area contributed by atoms with Crippen LogP contribution in [0, 0.1) is 5.92 Å². The molecular formula is C12H15NO3. The Hall–Kier alpha value is -1.71. The van der Waals surface area contributed by atoms with Crippen LogP contribution in [-0.4, -0.2) is 17.6 Å². The fourth-order valence-corrected chi connectivity index (χ4v) is 1.83. The third-order valence-electron chi connectivity index (χ3n) is 2.76. The predicted molar refractivity (Wildman–Crippen MR) is 60.6 cm³/mol. The van der Waals surface area contributed by atoms with Gasteiger partial charge in [0.2, 0.25) is 5.76 Å². The van der Waals surface area contributed by atoms with Gasteiger partial charge < -0.3 is 14.8 Å². The minimum Gasteiger partial charge on any atom is -0.475 e. The quantitative estimate of drug-likeness (QED) is 0.767. The number of anilines is 1. The van der Waals surface area contributed by atoms with Gasteiger partial charge in [-0.1, -0.05) is 12.2 Å². The molecule has 0 fully saturated rings. The van der Waals surface area contributed by atoms with Crippen LogP contribution in [0.15, 0.2) is 28.7 Å². The highest BCUT2D eigenvalue weighted by atomic mass is 16.4. The Morgan fingerprint density at radius 2 is 2.38 bits per heavy atom. The molecular weight excluding hydrogens is 206 g/mol. The lowest BCUT2D eigenvalue weighted by Crippen LogP contribution is -2.14. The number of hydrogen-bond acceptors (Lipinski definition) is 3. The number of furan rings is 1. The normalized spacial score (nSPS) is 19.6. The molecule has 1 aliphatic carbocycles. The summed E-state index contributed by atoms with van der Waals surface area (Å²) >= 11 is 0. The van der Waals surface area contributed by atoms with E-state index >= 15 is 0 Å². The smallest absolute Gasteiger partial charge is 0.371 e. The van der Waals surface area contributed by atoms with Gasteiger partial charge in [-0.2, -0.15) is 0 Å². The highest BCUT2D eigenvalue weighted by Crippen LogP contribution is 2.20. The second-order valence-electron chi connectivity index (χ2n) is 4.00. The van der Waals surface area contributed by atoms with Crippen molar-refractivity contribution in [2.45, 2.75) is 19.3 Å². The van der Waals surface area contributed by atoms with E-state index in [1.165, 1.54) is 12.5 Å². The second kappa shape index (κ2) is 4.88. The van der Waals surface area contributed by atoms with E-state index in [4.69, 9.17) is 9.52 Å². The van der Waals surface area contributed by atoms with Crippen molar-refractivity contribution in [2.24, 2.45) is 5.92 Å². The van der Waals surface area contributed by atoms with E-state index in [0.29, 0.717) is 11.8 Å². The molecule has 1 heterocycles. The molecule has 1 atom stereocenters. The molecule has 2 rings (SSSR count). The van der Waals surface area contributed by atoms with Crippen LogP contribution in [0.2, 0.25) is 0 Å². The maximum Gasteiger partial charge on any atom is 0.371 e. The Balaban J connectivity index is 1.84. The molecule has 4 heteroatoms. The van der Waals surface area contributed by atoms with Crippen molar-refractivity contribution < 1.29 is 14.3 Å². The maximum absolute atomic E-state index is 10.6. The van der Waals surface area contributed by atoms with Gasteiger partial charge in [-0.05, 0) is 31.2 Å². The van der Waals surface area contributed by atoms with Crippen LogP contribution >= 0.6 is 0 Å². The lowest BCUT2D eigenvalue weighted by atomic mass is 9.94. The van der Waals surface area contributed by atoms with E-state index in [-0.39, 0.29) is 5.76 Å². The monoisotopic (exact) mass is 221 g/mol. The summed E-state index contributed by atoms with van der Waals surface area (Å²) in [6.45, 7) is 0.830. The first kappa shape index (κ1) is 10.8. The van der Waals surface area contributed by atoms with Crippen LogP contribution < -0.4 is 5.32 Å². The topological polar surface area (TPSA) is 62.5 Å². The molecule has 0 saturated carbocycles. The fraction of sp³-hybridized carbons (Fsp3) is 0.417. The summed E-state index contributed by atoms with van der Waals surface area (Å²) in [5, 5.41) is 11.8. The Morgan fingerprint density at radius 3 is 3.00 bits per heavy atom. The van der Waals surface area contributed by atoms with Gasteiger partial charge in [0.05, 0.1) is 0 Å². The van der Waals surface area contributed by atoms with Gasteiger partial charge in [0, 0.05) is 12.6 Å². The minimum atomic E-state index is -1.03. The van der Waals surface area contributed by atoms with Crippen LogP contribution in [0.25, 0.3) is 0 Å². The van der Waals surface area contributed by atoms with Crippen molar-refractivity contribution in [3.8, 4) is 0 Å². The summed E-state index contributed by atoms with van der Waals surface area (Å²) in [7, 11) is 0. The summed E-state index contributed by atoms with van der Waals surface area (Å²) in [5.41, 5.74) is 0. The third kappa shape index (κ3) is 2.66. The van der Waals surface area contributed by atoms with E-state index in [9.17, 15) is 4.79 Å². The summed E-state index contributed by atoms with van der Waals surface area (Å²) in [5.74, 6) is 0.0926. The highest BCUT2D eigenvalue weighted by molar-refractivity contribution is 5.84. The van der Waals surface area contributed by atoms with Gasteiger partial charge in [-0.15, -0.1) is 0 Å². The van der Waals surface area contributed by atoms with Gasteiger partial charge in [-0.25, -0.2) is 4.79 Å². The molecule has 1 unspecified atom stereocenters.